The van der Waals surface area contributed by atoms with Crippen LogP contribution in [0.25, 0.3) is 0 Å². The van der Waals surface area contributed by atoms with Gasteiger partial charge in [0.15, 0.2) is 0 Å². The predicted octanol–water partition coefficient (Wildman–Crippen LogP) is 3.82. The number of amides is 1. The topological polar surface area (TPSA) is 57.6 Å². The van der Waals surface area contributed by atoms with Crippen molar-refractivity contribution in [2.75, 3.05) is 4.90 Å². The largest absolute Gasteiger partial charge is 0.481 e. The SMILES string of the molecule is O=C(O)CC1Sc2ccccc2N(Cc2ccc(Cl)cc2)C1=O. The molecule has 1 N–H and O–H groups in total. The summed E-state index contributed by atoms with van der Waals surface area (Å²) in [6.07, 6.45) is -0.186. The van der Waals surface area contributed by atoms with E-state index in [-0.39, 0.29) is 12.3 Å². The number of para-hydroxylation sites is 1. The van der Waals surface area contributed by atoms with Gasteiger partial charge in [0, 0.05) is 9.92 Å². The lowest BCUT2D eigenvalue weighted by atomic mass is 10.1. The fraction of sp³-hybridized carbons (Fsp3) is 0.176. The van der Waals surface area contributed by atoms with Gasteiger partial charge < -0.3 is 10.0 Å². The number of carbonyl (C=O) groups is 2. The zero-order chi connectivity index (χ0) is 16.4. The standard InChI is InChI=1S/C17H14ClNO3S/c18-12-7-5-11(6-8-12)10-19-13-3-1-2-4-14(13)23-15(17(19)22)9-16(20)21/h1-8,15H,9-10H2,(H,20,21). The quantitative estimate of drug-likeness (QED) is 0.913. The highest BCUT2D eigenvalue weighted by Crippen LogP contribution is 2.40. The van der Waals surface area contributed by atoms with Crippen molar-refractivity contribution >= 4 is 40.9 Å². The average molecular weight is 348 g/mol. The van der Waals surface area contributed by atoms with Gasteiger partial charge in [-0.1, -0.05) is 35.9 Å². The number of anilines is 1. The molecule has 1 aliphatic heterocycles. The van der Waals surface area contributed by atoms with E-state index < -0.39 is 11.2 Å². The molecule has 6 heteroatoms. The Kier molecular flexibility index (Phi) is 4.59. The smallest absolute Gasteiger partial charge is 0.305 e. The van der Waals surface area contributed by atoms with Crippen molar-refractivity contribution < 1.29 is 14.7 Å². The van der Waals surface area contributed by atoms with E-state index in [0.29, 0.717) is 11.6 Å². The number of halogens is 1. The molecule has 0 radical (unpaired) electrons. The van der Waals surface area contributed by atoms with E-state index in [9.17, 15) is 9.59 Å². The normalized spacial score (nSPS) is 17.0. The minimum absolute atomic E-state index is 0.175. The highest BCUT2D eigenvalue weighted by atomic mass is 35.5. The van der Waals surface area contributed by atoms with E-state index in [1.165, 1.54) is 11.8 Å². The van der Waals surface area contributed by atoms with E-state index in [0.717, 1.165) is 16.1 Å². The molecule has 0 fully saturated rings. The molecule has 0 saturated carbocycles. The lowest BCUT2D eigenvalue weighted by Gasteiger charge is -2.33. The second-order valence-electron chi connectivity index (χ2n) is 5.22. The van der Waals surface area contributed by atoms with Gasteiger partial charge in [-0.05, 0) is 29.8 Å². The van der Waals surface area contributed by atoms with Crippen molar-refractivity contribution in [1.82, 2.24) is 0 Å². The second kappa shape index (κ2) is 6.64. The van der Waals surface area contributed by atoms with Gasteiger partial charge in [-0.15, -0.1) is 11.8 Å². The van der Waals surface area contributed by atoms with Crippen molar-refractivity contribution in [3.63, 3.8) is 0 Å². The molecule has 4 nitrogen and oxygen atoms in total. The van der Waals surface area contributed by atoms with Crippen molar-refractivity contribution in [2.24, 2.45) is 0 Å². The van der Waals surface area contributed by atoms with Crippen molar-refractivity contribution in [3.05, 3.63) is 59.1 Å². The zero-order valence-electron chi connectivity index (χ0n) is 12.1. The lowest BCUT2D eigenvalue weighted by molar-refractivity contribution is -0.138. The molecule has 1 amide bonds. The number of carboxylic acids is 1. The van der Waals surface area contributed by atoms with Gasteiger partial charge in [-0.2, -0.15) is 0 Å². The number of aliphatic carboxylic acids is 1. The summed E-state index contributed by atoms with van der Waals surface area (Å²) in [5, 5.41) is 9.07. The van der Waals surface area contributed by atoms with Gasteiger partial charge in [0.1, 0.15) is 0 Å². The van der Waals surface area contributed by atoms with Gasteiger partial charge in [0.25, 0.3) is 0 Å². The summed E-state index contributed by atoms with van der Waals surface area (Å²) in [6, 6.07) is 14.8. The molecule has 1 aliphatic rings. The number of carboxylic acid groups (broad SMARTS) is 1. The molecular weight excluding hydrogens is 334 g/mol. The molecule has 23 heavy (non-hydrogen) atoms. The maximum atomic E-state index is 12.7. The van der Waals surface area contributed by atoms with Crippen LogP contribution in [0.3, 0.4) is 0 Å². The van der Waals surface area contributed by atoms with Crippen LogP contribution in [-0.2, 0) is 16.1 Å². The van der Waals surface area contributed by atoms with Crippen LogP contribution >= 0.6 is 23.4 Å². The van der Waals surface area contributed by atoms with E-state index >= 15 is 0 Å². The van der Waals surface area contributed by atoms with Gasteiger partial charge in [-0.3, -0.25) is 9.59 Å². The molecule has 1 heterocycles. The van der Waals surface area contributed by atoms with Crippen LogP contribution in [0.2, 0.25) is 5.02 Å². The fourth-order valence-corrected chi connectivity index (χ4v) is 3.84. The minimum Gasteiger partial charge on any atom is -0.481 e. The molecule has 0 aromatic heterocycles. The van der Waals surface area contributed by atoms with Crippen LogP contribution in [0.5, 0.6) is 0 Å². The molecule has 2 aromatic carbocycles. The first-order chi connectivity index (χ1) is 11.0. The summed E-state index contributed by atoms with van der Waals surface area (Å²) in [6.45, 7) is 0.393. The molecule has 118 valence electrons. The Labute approximate surface area is 143 Å². The van der Waals surface area contributed by atoms with Crippen molar-refractivity contribution in [2.45, 2.75) is 23.1 Å². The molecule has 2 aromatic rings. The number of rotatable bonds is 4. The number of benzene rings is 2. The van der Waals surface area contributed by atoms with Crippen LogP contribution < -0.4 is 4.90 Å². The van der Waals surface area contributed by atoms with Crippen LogP contribution in [-0.4, -0.2) is 22.2 Å². The third-order valence-electron chi connectivity index (χ3n) is 3.58. The van der Waals surface area contributed by atoms with Crippen LogP contribution in [0.1, 0.15) is 12.0 Å². The molecule has 1 unspecified atom stereocenters. The number of hydrogen-bond donors (Lipinski definition) is 1. The summed E-state index contributed by atoms with van der Waals surface area (Å²) in [5.41, 5.74) is 1.76. The summed E-state index contributed by atoms with van der Waals surface area (Å²) >= 11 is 7.21. The average Bonchev–Trinajstić information content (AvgIpc) is 2.53. The van der Waals surface area contributed by atoms with Gasteiger partial charge in [-0.25, -0.2) is 0 Å². The van der Waals surface area contributed by atoms with Gasteiger partial charge >= 0.3 is 5.97 Å². The number of hydrogen-bond acceptors (Lipinski definition) is 3. The second-order valence-corrected chi connectivity index (χ2v) is 6.90. The van der Waals surface area contributed by atoms with Crippen LogP contribution in [0.4, 0.5) is 5.69 Å². The third kappa shape index (κ3) is 3.51. The summed E-state index contributed by atoms with van der Waals surface area (Å²) in [4.78, 5) is 26.3. The van der Waals surface area contributed by atoms with Crippen molar-refractivity contribution in [3.8, 4) is 0 Å². The number of carbonyl (C=O) groups excluding carboxylic acids is 1. The van der Waals surface area contributed by atoms with Gasteiger partial charge in [0.05, 0.1) is 23.9 Å². The number of nitrogens with zero attached hydrogens (tertiary/aromatic N) is 1. The summed E-state index contributed by atoms with van der Waals surface area (Å²) < 4.78 is 0. The molecule has 0 aliphatic carbocycles. The van der Waals surface area contributed by atoms with Crippen LogP contribution in [0.15, 0.2) is 53.4 Å². The molecule has 0 bridgehead atoms. The van der Waals surface area contributed by atoms with Crippen molar-refractivity contribution in [1.29, 1.82) is 0 Å². The Hall–Kier alpha value is -1.98. The summed E-state index contributed by atoms with van der Waals surface area (Å²) in [7, 11) is 0. The molecular formula is C17H14ClNO3S. The van der Waals surface area contributed by atoms with E-state index in [1.54, 1.807) is 17.0 Å². The maximum Gasteiger partial charge on any atom is 0.305 e. The number of fused-ring (bicyclic) bond motifs is 1. The highest BCUT2D eigenvalue weighted by molar-refractivity contribution is 8.01. The molecule has 0 spiro atoms. The Morgan fingerprint density at radius 2 is 1.87 bits per heavy atom. The Morgan fingerprint density at radius 1 is 1.17 bits per heavy atom. The monoisotopic (exact) mass is 347 g/mol. The zero-order valence-corrected chi connectivity index (χ0v) is 13.7. The maximum absolute atomic E-state index is 12.7. The van der Waals surface area contributed by atoms with E-state index in [1.807, 2.05) is 36.4 Å². The molecule has 0 saturated heterocycles. The molecule has 1 atom stereocenters. The minimum atomic E-state index is -0.971. The van der Waals surface area contributed by atoms with Crippen LogP contribution in [0, 0.1) is 0 Å². The van der Waals surface area contributed by atoms with E-state index in [2.05, 4.69) is 0 Å². The van der Waals surface area contributed by atoms with Gasteiger partial charge in [0.2, 0.25) is 5.91 Å². The number of thioether (sulfide) groups is 1. The fourth-order valence-electron chi connectivity index (χ4n) is 2.50. The highest BCUT2D eigenvalue weighted by Gasteiger charge is 2.34. The first-order valence-electron chi connectivity index (χ1n) is 7.08. The summed E-state index contributed by atoms with van der Waals surface area (Å²) in [5.74, 6) is -1.15. The Bertz CT molecular complexity index is 748. The Morgan fingerprint density at radius 3 is 2.57 bits per heavy atom. The lowest BCUT2D eigenvalue weighted by Crippen LogP contribution is -2.41. The first-order valence-corrected chi connectivity index (χ1v) is 8.33. The Balaban J connectivity index is 1.93. The third-order valence-corrected chi connectivity index (χ3v) is 5.08. The first kappa shape index (κ1) is 15.9. The molecule has 3 rings (SSSR count). The predicted molar refractivity (Wildman–Crippen MR) is 91.0 cm³/mol. The van der Waals surface area contributed by atoms with E-state index in [4.69, 9.17) is 16.7 Å².